The molecule has 2 amide bonds. The molecule has 6 nitrogen and oxygen atoms in total. The molecule has 0 unspecified atom stereocenters. The number of hydrogen-bond donors (Lipinski definition) is 3. The Balaban J connectivity index is 1.69. The second-order valence-electron chi connectivity index (χ2n) is 6.42. The zero-order chi connectivity index (χ0) is 15.3. The van der Waals surface area contributed by atoms with Crippen LogP contribution in [0.2, 0.25) is 0 Å². The van der Waals surface area contributed by atoms with Crippen LogP contribution >= 0.6 is 0 Å². The van der Waals surface area contributed by atoms with Crippen molar-refractivity contribution in [1.29, 1.82) is 0 Å². The number of hydrogen-bond acceptors (Lipinski definition) is 3. The van der Waals surface area contributed by atoms with Gasteiger partial charge in [-0.05, 0) is 31.1 Å². The predicted molar refractivity (Wildman–Crippen MR) is 78.0 cm³/mol. The van der Waals surface area contributed by atoms with Crippen molar-refractivity contribution in [2.75, 3.05) is 19.6 Å². The molecule has 1 saturated heterocycles. The molecule has 6 heteroatoms. The van der Waals surface area contributed by atoms with Crippen LogP contribution in [-0.4, -0.2) is 52.9 Å². The van der Waals surface area contributed by atoms with Crippen LogP contribution in [0.25, 0.3) is 0 Å². The number of urea groups is 1. The molecule has 1 aliphatic carbocycles. The van der Waals surface area contributed by atoms with Gasteiger partial charge in [0.15, 0.2) is 6.10 Å². The highest BCUT2D eigenvalue weighted by Gasteiger charge is 2.36. The zero-order valence-electron chi connectivity index (χ0n) is 12.5. The van der Waals surface area contributed by atoms with Crippen LogP contribution in [-0.2, 0) is 4.79 Å². The van der Waals surface area contributed by atoms with E-state index in [-0.39, 0.29) is 19.0 Å². The van der Waals surface area contributed by atoms with Gasteiger partial charge in [0.1, 0.15) is 0 Å². The number of aliphatic hydroxyl groups is 1. The summed E-state index contributed by atoms with van der Waals surface area (Å²) in [7, 11) is 0. The minimum Gasteiger partial charge on any atom is -0.479 e. The molecular weight excluding hydrogens is 272 g/mol. The normalized spacial score (nSPS) is 22.8. The third kappa shape index (κ3) is 4.33. The lowest BCUT2D eigenvalue weighted by molar-refractivity contribution is -0.146. The molecule has 2 aliphatic rings. The van der Waals surface area contributed by atoms with Gasteiger partial charge in [-0.1, -0.05) is 19.3 Å². The second kappa shape index (κ2) is 7.11. The number of carbonyl (C=O) groups is 2. The molecule has 1 spiro atoms. The van der Waals surface area contributed by atoms with Crippen LogP contribution in [0.1, 0.15) is 51.4 Å². The third-order valence-corrected chi connectivity index (χ3v) is 5.00. The van der Waals surface area contributed by atoms with Crippen molar-refractivity contribution in [1.82, 2.24) is 10.2 Å². The molecule has 0 bridgehead atoms. The number of rotatable bonds is 4. The molecule has 3 N–H and O–H groups in total. The zero-order valence-corrected chi connectivity index (χ0v) is 12.5. The Morgan fingerprint density at radius 3 is 2.29 bits per heavy atom. The third-order valence-electron chi connectivity index (χ3n) is 5.00. The van der Waals surface area contributed by atoms with Crippen LogP contribution in [0.4, 0.5) is 4.79 Å². The summed E-state index contributed by atoms with van der Waals surface area (Å²) >= 11 is 0. The van der Waals surface area contributed by atoms with Gasteiger partial charge in [0.25, 0.3) is 0 Å². The fourth-order valence-corrected chi connectivity index (χ4v) is 3.54. The van der Waals surface area contributed by atoms with E-state index in [0.29, 0.717) is 5.41 Å². The van der Waals surface area contributed by atoms with Crippen LogP contribution < -0.4 is 5.32 Å². The van der Waals surface area contributed by atoms with Gasteiger partial charge in [-0.2, -0.15) is 0 Å². The molecule has 2 fully saturated rings. The summed E-state index contributed by atoms with van der Waals surface area (Å²) in [5.41, 5.74) is 0.467. The van der Waals surface area contributed by atoms with Crippen molar-refractivity contribution in [2.45, 2.75) is 57.5 Å². The first-order valence-electron chi connectivity index (χ1n) is 7.96. The molecule has 0 aromatic heterocycles. The summed E-state index contributed by atoms with van der Waals surface area (Å²) in [6.45, 7) is 1.76. The molecule has 0 radical (unpaired) electrons. The number of piperidine rings is 1. The number of nitrogens with zero attached hydrogens (tertiary/aromatic N) is 1. The van der Waals surface area contributed by atoms with Gasteiger partial charge in [-0.3, -0.25) is 0 Å². The van der Waals surface area contributed by atoms with E-state index in [4.69, 9.17) is 10.2 Å². The second-order valence-corrected chi connectivity index (χ2v) is 6.42. The molecule has 0 aromatic carbocycles. The van der Waals surface area contributed by atoms with E-state index in [1.807, 2.05) is 4.90 Å². The summed E-state index contributed by atoms with van der Waals surface area (Å²) in [5, 5.41) is 20.4. The van der Waals surface area contributed by atoms with Gasteiger partial charge in [0.05, 0.1) is 0 Å². The number of carboxylic acids is 1. The smallest absolute Gasteiger partial charge is 0.332 e. The van der Waals surface area contributed by atoms with E-state index >= 15 is 0 Å². The molecule has 0 aromatic rings. The lowest BCUT2D eigenvalue weighted by atomic mass is 9.68. The van der Waals surface area contributed by atoms with Gasteiger partial charge in [0.2, 0.25) is 0 Å². The van der Waals surface area contributed by atoms with Crippen LogP contribution in [0.5, 0.6) is 0 Å². The fraction of sp³-hybridized carbons (Fsp3) is 0.867. The lowest BCUT2D eigenvalue weighted by Gasteiger charge is -2.44. The molecule has 1 heterocycles. The summed E-state index contributed by atoms with van der Waals surface area (Å²) in [4.78, 5) is 24.3. The lowest BCUT2D eigenvalue weighted by Crippen LogP contribution is -2.48. The standard InChI is InChI=1S/C15H26N2O4/c18-12(13(19)20)4-9-16-14(21)17-10-7-15(8-11-17)5-2-1-3-6-15/h12,18H,1-11H2,(H,16,21)(H,19,20)/t12-/m0/s1. The van der Waals surface area contributed by atoms with Crippen molar-refractivity contribution < 1.29 is 19.8 Å². The highest BCUT2D eigenvalue weighted by molar-refractivity contribution is 5.74. The van der Waals surface area contributed by atoms with E-state index in [1.165, 1.54) is 32.1 Å². The van der Waals surface area contributed by atoms with E-state index in [1.54, 1.807) is 0 Å². The largest absolute Gasteiger partial charge is 0.479 e. The van der Waals surface area contributed by atoms with E-state index in [9.17, 15) is 9.59 Å². The summed E-state index contributed by atoms with van der Waals surface area (Å²) in [5.74, 6) is -1.25. The minimum atomic E-state index is -1.41. The number of carboxylic acid groups (broad SMARTS) is 1. The summed E-state index contributed by atoms with van der Waals surface area (Å²) in [6, 6.07) is -0.141. The fourth-order valence-electron chi connectivity index (χ4n) is 3.54. The Kier molecular flexibility index (Phi) is 5.45. The van der Waals surface area contributed by atoms with Gasteiger partial charge < -0.3 is 20.4 Å². The van der Waals surface area contributed by atoms with E-state index in [0.717, 1.165) is 25.9 Å². The van der Waals surface area contributed by atoms with Gasteiger partial charge in [-0.15, -0.1) is 0 Å². The van der Waals surface area contributed by atoms with E-state index < -0.39 is 12.1 Å². The van der Waals surface area contributed by atoms with Gasteiger partial charge >= 0.3 is 12.0 Å². The maximum Gasteiger partial charge on any atom is 0.332 e. The highest BCUT2D eigenvalue weighted by Crippen LogP contribution is 2.44. The summed E-state index contributed by atoms with van der Waals surface area (Å²) < 4.78 is 0. The van der Waals surface area contributed by atoms with Crippen LogP contribution in [0, 0.1) is 5.41 Å². The number of amides is 2. The van der Waals surface area contributed by atoms with Crippen molar-refractivity contribution in [3.63, 3.8) is 0 Å². The average Bonchev–Trinajstić information content (AvgIpc) is 2.48. The molecule has 2 rings (SSSR count). The Morgan fingerprint density at radius 1 is 1.10 bits per heavy atom. The van der Waals surface area contributed by atoms with Crippen LogP contribution in [0.15, 0.2) is 0 Å². The molecule has 1 atom stereocenters. The number of nitrogens with one attached hydrogen (secondary N) is 1. The Bertz CT molecular complexity index is 370. The quantitative estimate of drug-likeness (QED) is 0.735. The summed E-state index contributed by atoms with van der Waals surface area (Å²) in [6.07, 6.45) is 7.38. The number of carbonyl (C=O) groups excluding carboxylic acids is 1. The van der Waals surface area contributed by atoms with E-state index in [2.05, 4.69) is 5.32 Å². The number of aliphatic hydroxyl groups excluding tert-OH is 1. The average molecular weight is 298 g/mol. The van der Waals surface area contributed by atoms with Gasteiger partial charge in [-0.25, -0.2) is 9.59 Å². The maximum absolute atomic E-state index is 12.0. The SMILES string of the molecule is O=C(O)[C@@H](O)CCNC(=O)N1CCC2(CCCCC2)CC1. The molecular formula is C15H26N2O4. The monoisotopic (exact) mass is 298 g/mol. The maximum atomic E-state index is 12.0. The Morgan fingerprint density at radius 2 is 1.71 bits per heavy atom. The predicted octanol–water partition coefficient (Wildman–Crippen LogP) is 1.58. The van der Waals surface area contributed by atoms with Crippen molar-refractivity contribution in [2.24, 2.45) is 5.41 Å². The number of aliphatic carboxylic acids is 1. The first-order chi connectivity index (χ1) is 10.0. The molecule has 120 valence electrons. The Labute approximate surface area is 125 Å². The highest BCUT2D eigenvalue weighted by atomic mass is 16.4. The number of likely N-dealkylation sites (tertiary alicyclic amines) is 1. The van der Waals surface area contributed by atoms with Gasteiger partial charge in [0, 0.05) is 26.1 Å². The minimum absolute atomic E-state index is 0.0405. The molecule has 1 aliphatic heterocycles. The topological polar surface area (TPSA) is 89.9 Å². The molecule has 21 heavy (non-hydrogen) atoms. The first-order valence-corrected chi connectivity index (χ1v) is 7.96. The first kappa shape index (κ1) is 16.1. The van der Waals surface area contributed by atoms with Crippen molar-refractivity contribution >= 4 is 12.0 Å². The Hall–Kier alpha value is -1.30. The van der Waals surface area contributed by atoms with Crippen molar-refractivity contribution in [3.8, 4) is 0 Å². The molecule has 1 saturated carbocycles. The van der Waals surface area contributed by atoms with Crippen molar-refractivity contribution in [3.05, 3.63) is 0 Å². The van der Waals surface area contributed by atoms with Crippen LogP contribution in [0.3, 0.4) is 0 Å².